The van der Waals surface area contributed by atoms with Crippen molar-refractivity contribution in [1.29, 1.82) is 0 Å². The van der Waals surface area contributed by atoms with E-state index in [4.69, 9.17) is 5.11 Å². The second-order valence-corrected chi connectivity index (χ2v) is 21.4. The van der Waals surface area contributed by atoms with Gasteiger partial charge in [-0.25, -0.2) is 39.3 Å². The first kappa shape index (κ1) is 60.0. The molecule has 1 unspecified atom stereocenters. The normalized spacial score (nSPS) is 12.5. The number of benzene rings is 8. The second-order valence-electron chi connectivity index (χ2n) is 15.8. The van der Waals surface area contributed by atoms with Crippen LogP contribution < -0.4 is 4.70 Å². The van der Waals surface area contributed by atoms with Crippen molar-refractivity contribution in [2.24, 2.45) is 0 Å². The molecule has 392 valence electrons. The van der Waals surface area contributed by atoms with E-state index < -0.39 is 75.8 Å². The van der Waals surface area contributed by atoms with Gasteiger partial charge in [-0.3, -0.25) is 12.9 Å². The van der Waals surface area contributed by atoms with Gasteiger partial charge in [-0.2, -0.15) is 0 Å². The van der Waals surface area contributed by atoms with E-state index in [9.17, 15) is 57.4 Å². The third-order valence-corrected chi connectivity index (χ3v) is 17.7. The maximum Gasteiger partial charge on any atom is 0.762 e. The van der Waals surface area contributed by atoms with Crippen molar-refractivity contribution in [2.45, 2.75) is 76.2 Å². The van der Waals surface area contributed by atoms with Gasteiger partial charge in [-0.05, 0) is 83.6 Å². The predicted octanol–water partition coefficient (Wildman–Crippen LogP) is 12.9. The van der Waals surface area contributed by atoms with Crippen LogP contribution in [0.3, 0.4) is 0 Å². The molecular weight excluding hydrogens is 1080 g/mol. The van der Waals surface area contributed by atoms with Gasteiger partial charge in [0.1, 0.15) is 10.9 Å². The lowest BCUT2D eigenvalue weighted by atomic mass is 9.89. The van der Waals surface area contributed by atoms with Gasteiger partial charge in [0.05, 0.1) is 30.4 Å². The molecule has 1 atom stereocenters. The largest absolute Gasteiger partial charge is 1.00 e. The molecular formula is C55H43BF12O3S4. The number of rotatable bonds is 9. The lowest BCUT2D eigenvalue weighted by Crippen LogP contribution is -3.00. The van der Waals surface area contributed by atoms with E-state index in [2.05, 4.69) is 24.3 Å². The van der Waals surface area contributed by atoms with Gasteiger partial charge in [-0.1, -0.05) is 134 Å². The molecule has 3 nitrogen and oxygen atoms in total. The van der Waals surface area contributed by atoms with E-state index in [0.717, 1.165) is 94.5 Å². The van der Waals surface area contributed by atoms with Gasteiger partial charge < -0.3 is 14.9 Å². The highest BCUT2D eigenvalue weighted by Crippen LogP contribution is 2.50. The zero-order chi connectivity index (χ0) is 52.3. The average Bonchev–Trinajstić information content (AvgIpc) is 3.38. The summed E-state index contributed by atoms with van der Waals surface area (Å²) in [5, 5.41) is 18.8. The molecule has 8 aromatic rings. The van der Waals surface area contributed by atoms with Crippen LogP contribution in [0.25, 0.3) is 0 Å². The van der Waals surface area contributed by atoms with E-state index in [-0.39, 0.29) is 50.8 Å². The topological polar surface area (TPSA) is 57.5 Å². The Morgan fingerprint density at radius 1 is 0.440 bits per heavy atom. The van der Waals surface area contributed by atoms with Crippen molar-refractivity contribution in [3.63, 3.8) is 0 Å². The van der Waals surface area contributed by atoms with E-state index in [1.165, 1.54) is 11.1 Å². The minimum atomic E-state index is -3.67. The van der Waals surface area contributed by atoms with Gasteiger partial charge in [0.25, 0.3) is 0 Å². The van der Waals surface area contributed by atoms with Crippen molar-refractivity contribution in [2.75, 3.05) is 13.2 Å². The Hall–Kier alpha value is -5.90. The first-order chi connectivity index (χ1) is 35.1. The van der Waals surface area contributed by atoms with E-state index in [0.29, 0.717) is 31.9 Å². The molecule has 2 heterocycles. The predicted molar refractivity (Wildman–Crippen MR) is 269 cm³/mol. The standard InChI is InChI=1S/C27H19F4OS2.C15H16O.C12H4F4OS2.CH4.BF3.FH/c28-20-12-24-26(14-22(20)30)34(27-15-23(31)21(29)13-25(27)33-24)18-8-6-17(7-9-18)19(10-11-32)16-4-2-1-3-5-16;16-12-11-15(13-7-3-1-4-8-13)14-9-5-2-6-10-14;13-5-1-9-11(3-7(5)15)19(17)12-4-8(16)6(14)2-10(12)18-9;;2-1(3)4;/h1-9,12-15,19,32H,10-11H2;1-10,15-16H,11-12H2;1-4H;1H4;;1H/q+1;;;;;/p-1. The summed E-state index contributed by atoms with van der Waals surface area (Å²) >= 11 is 2.03. The summed E-state index contributed by atoms with van der Waals surface area (Å²) in [6.45, 7) is 0.244. The van der Waals surface area contributed by atoms with Crippen LogP contribution in [-0.4, -0.2) is 35.2 Å². The number of halogens is 12. The van der Waals surface area contributed by atoms with Crippen molar-refractivity contribution >= 4 is 52.8 Å². The van der Waals surface area contributed by atoms with Gasteiger partial charge in [0.15, 0.2) is 61.2 Å². The fraction of sp³-hybridized carbons (Fsp3) is 0.127. The molecule has 2 aliphatic heterocycles. The van der Waals surface area contributed by atoms with Crippen LogP contribution in [0, 0.1) is 46.5 Å². The molecule has 2 N–H and O–H groups in total. The Kier molecular flexibility index (Phi) is 22.2. The highest BCUT2D eigenvalue weighted by molar-refractivity contribution is 8.04. The van der Waals surface area contributed by atoms with Crippen molar-refractivity contribution in [3.8, 4) is 0 Å². The summed E-state index contributed by atoms with van der Waals surface area (Å²) in [5.74, 6) is -8.04. The number of hydrogen-bond donors (Lipinski definition) is 2. The molecule has 10 rings (SSSR count). The molecule has 0 saturated heterocycles. The summed E-state index contributed by atoms with van der Waals surface area (Å²) in [6.07, 6.45) is 1.32. The van der Waals surface area contributed by atoms with Crippen LogP contribution in [0.2, 0.25) is 0 Å². The van der Waals surface area contributed by atoms with E-state index >= 15 is 0 Å². The lowest BCUT2D eigenvalue weighted by molar-refractivity contribution is -0.0000246. The number of aliphatic hydroxyl groups is 2. The average molecular weight is 1120 g/mol. The second kappa shape index (κ2) is 27.8. The van der Waals surface area contributed by atoms with Crippen molar-refractivity contribution < 1.29 is 67.2 Å². The molecule has 75 heavy (non-hydrogen) atoms. The zero-order valence-electron chi connectivity index (χ0n) is 38.1. The fourth-order valence-corrected chi connectivity index (χ4v) is 14.4. The maximum absolute atomic E-state index is 14.2. The van der Waals surface area contributed by atoms with Gasteiger partial charge >= 0.3 is 7.54 Å². The Labute approximate surface area is 439 Å². The molecule has 0 fully saturated rings. The van der Waals surface area contributed by atoms with Gasteiger partial charge in [0.2, 0.25) is 0 Å². The zero-order valence-corrected chi connectivity index (χ0v) is 41.4. The van der Waals surface area contributed by atoms with Gasteiger partial charge in [-0.15, -0.1) is 0 Å². The molecule has 8 aromatic carbocycles. The fourth-order valence-electron chi connectivity index (χ4n) is 7.90. The molecule has 0 amide bonds. The molecule has 0 aliphatic carbocycles. The summed E-state index contributed by atoms with van der Waals surface area (Å²) < 4.78 is 150. The van der Waals surface area contributed by atoms with Crippen LogP contribution >= 0.6 is 23.5 Å². The Bertz CT molecular complexity index is 3030. The summed E-state index contributed by atoms with van der Waals surface area (Å²) in [5.41, 5.74) is 4.60. The highest BCUT2D eigenvalue weighted by Gasteiger charge is 2.40. The monoisotopic (exact) mass is 1120 g/mol. The first-order valence-electron chi connectivity index (χ1n) is 21.9. The first-order valence-corrected chi connectivity index (χ1v) is 26.0. The Morgan fingerprint density at radius 3 is 1.05 bits per heavy atom. The quantitative estimate of drug-likeness (QED) is 0.0857. The molecule has 0 aromatic heterocycles. The third-order valence-electron chi connectivity index (χ3n) is 11.2. The minimum absolute atomic E-state index is 0. The van der Waals surface area contributed by atoms with Crippen LogP contribution in [0.15, 0.2) is 208 Å². The molecule has 2 aliphatic rings. The molecule has 20 heteroatoms. The molecule has 0 spiro atoms. The third kappa shape index (κ3) is 14.7. The van der Waals surface area contributed by atoms with Crippen molar-refractivity contribution in [1.82, 2.24) is 0 Å². The Balaban J connectivity index is 0.000000215. The minimum Gasteiger partial charge on any atom is -1.00 e. The number of fused-ring (bicyclic) bond motifs is 4. The van der Waals surface area contributed by atoms with Crippen LogP contribution in [-0.2, 0) is 21.7 Å². The van der Waals surface area contributed by atoms with Crippen LogP contribution in [0.4, 0.5) is 48.1 Å². The molecule has 0 bridgehead atoms. The van der Waals surface area contributed by atoms with Crippen LogP contribution in [0.5, 0.6) is 0 Å². The summed E-state index contributed by atoms with van der Waals surface area (Å²) in [6, 6.07) is 46.2. The maximum atomic E-state index is 14.2. The van der Waals surface area contributed by atoms with Crippen LogP contribution in [0.1, 0.15) is 54.4 Å². The Morgan fingerprint density at radius 2 is 0.720 bits per heavy atom. The molecule has 0 saturated carbocycles. The molecule has 0 radical (unpaired) electrons. The lowest BCUT2D eigenvalue weighted by Gasteiger charge is -2.20. The van der Waals surface area contributed by atoms with E-state index in [1.54, 1.807) is 0 Å². The smallest absolute Gasteiger partial charge is 0.762 e. The van der Waals surface area contributed by atoms with Crippen molar-refractivity contribution in [3.05, 3.63) is 233 Å². The highest BCUT2D eigenvalue weighted by atomic mass is 32.2. The summed E-state index contributed by atoms with van der Waals surface area (Å²) in [7, 11) is -6.48. The number of hydrogen-bond acceptors (Lipinski definition) is 5. The SMILES string of the molecule is C.FB(F)F.O=S1c2cc(F)c(F)cc2Sc2cc(F)c(F)cc21.OCCC(c1ccccc1)c1ccc([S+]2c3cc(F)c(F)cc3Sc3cc(F)c(F)cc32)cc1.OCCC(c1ccccc1)c1ccccc1.[F-]. The number of aliphatic hydroxyl groups excluding tert-OH is 2. The van der Waals surface area contributed by atoms with E-state index in [1.807, 2.05) is 91.0 Å². The summed E-state index contributed by atoms with van der Waals surface area (Å²) in [4.78, 5) is 3.38. The van der Waals surface area contributed by atoms with Gasteiger partial charge in [0, 0.05) is 47.0 Å².